The van der Waals surface area contributed by atoms with Gasteiger partial charge in [-0.15, -0.1) is 0 Å². The molecule has 17 nitrogen and oxygen atoms in total. The van der Waals surface area contributed by atoms with Crippen LogP contribution in [0.4, 0.5) is 11.6 Å². The number of aliphatic hydroxyl groups excluding tert-OH is 2. The third-order valence-electron chi connectivity index (χ3n) is 10.2. The van der Waals surface area contributed by atoms with Crippen LogP contribution in [-0.2, 0) is 31.8 Å². The molecule has 3 aromatic rings. The second kappa shape index (κ2) is 26.7. The number of quaternary nitrogens is 1. The lowest BCUT2D eigenvalue weighted by Gasteiger charge is -2.45. The molecule has 0 spiro atoms. The van der Waals surface area contributed by atoms with E-state index in [4.69, 9.17) is 52.2 Å². The molecule has 1 atom stereocenters. The van der Waals surface area contributed by atoms with E-state index in [1.54, 1.807) is 0 Å². The highest BCUT2D eigenvalue weighted by atomic mass is 35.5. The van der Waals surface area contributed by atoms with E-state index in [1.807, 2.05) is 48.5 Å². The molecule has 4 rings (SSSR count). The van der Waals surface area contributed by atoms with Crippen molar-refractivity contribution in [2.24, 2.45) is 0 Å². The molecule has 9 N–H and O–H groups in total. The number of aliphatic hydroxyl groups is 2. The van der Waals surface area contributed by atoms with Crippen LogP contribution in [0.1, 0.15) is 68.0 Å². The van der Waals surface area contributed by atoms with Crippen molar-refractivity contribution in [1.82, 2.24) is 25.9 Å². The second-order valence-electron chi connectivity index (χ2n) is 14.7. The van der Waals surface area contributed by atoms with E-state index in [9.17, 15) is 14.4 Å². The van der Waals surface area contributed by atoms with Gasteiger partial charge in [-0.2, -0.15) is 0 Å². The maximum absolute atomic E-state index is 13.3. The van der Waals surface area contributed by atoms with E-state index < -0.39 is 5.91 Å². The van der Waals surface area contributed by atoms with Gasteiger partial charge in [-0.1, -0.05) is 35.9 Å². The Hall–Kier alpha value is -4.46. The number of nitrogens with zero attached hydrogens (tertiary/aromatic N) is 3. The van der Waals surface area contributed by atoms with E-state index >= 15 is 0 Å². The average Bonchev–Trinajstić information content (AvgIpc) is 3.24. The molecule has 0 bridgehead atoms. The zero-order chi connectivity index (χ0) is 43.0. The predicted octanol–water partition coefficient (Wildman–Crippen LogP) is 1.78. The highest BCUT2D eigenvalue weighted by Crippen LogP contribution is 2.24. The number of amides is 3. The summed E-state index contributed by atoms with van der Waals surface area (Å²) in [6.45, 7) is 7.03. The van der Waals surface area contributed by atoms with Crippen molar-refractivity contribution in [3.8, 4) is 0 Å². The molecular formula is C42H62ClN8O9+. The summed E-state index contributed by atoms with van der Waals surface area (Å²) >= 11 is 6.07. The van der Waals surface area contributed by atoms with E-state index in [-0.39, 0.29) is 66.8 Å². The molecule has 0 aliphatic carbocycles. The van der Waals surface area contributed by atoms with Gasteiger partial charge in [0.2, 0.25) is 0 Å². The van der Waals surface area contributed by atoms with Crippen LogP contribution < -0.4 is 27.4 Å². The van der Waals surface area contributed by atoms with Gasteiger partial charge >= 0.3 is 0 Å². The number of halogens is 1. The first-order valence-corrected chi connectivity index (χ1v) is 21.0. The summed E-state index contributed by atoms with van der Waals surface area (Å²) in [7, 11) is 0. The minimum Gasteiger partial charge on any atom is -0.394 e. The lowest BCUT2D eigenvalue weighted by molar-refractivity contribution is -0.933. The number of carbonyl (C=O) groups excluding carboxylic acids is 3. The number of aryl methyl sites for hydroxylation is 2. The van der Waals surface area contributed by atoms with Crippen LogP contribution in [0.5, 0.6) is 0 Å². The number of benzene rings is 2. The molecule has 0 radical (unpaired) electrons. The van der Waals surface area contributed by atoms with Crippen LogP contribution in [0.15, 0.2) is 48.5 Å². The number of rotatable bonds is 28. The summed E-state index contributed by atoms with van der Waals surface area (Å²) in [6, 6.07) is 15.2. The van der Waals surface area contributed by atoms with Crippen molar-refractivity contribution in [3.05, 3.63) is 81.6 Å². The molecule has 18 heteroatoms. The van der Waals surface area contributed by atoms with Gasteiger partial charge < -0.3 is 61.1 Å². The third kappa shape index (κ3) is 16.9. The molecular weight excluding hydrogens is 796 g/mol. The summed E-state index contributed by atoms with van der Waals surface area (Å²) in [5.74, 6) is -0.881. The van der Waals surface area contributed by atoms with Gasteiger partial charge in [-0.25, -0.2) is 9.97 Å². The molecule has 1 saturated heterocycles. The van der Waals surface area contributed by atoms with Crippen molar-refractivity contribution in [1.29, 1.82) is 0 Å². The number of piperidine rings is 1. The Morgan fingerprint density at radius 3 is 1.65 bits per heavy atom. The average molecular weight is 858 g/mol. The first-order chi connectivity index (χ1) is 29.1. The van der Waals surface area contributed by atoms with Crippen LogP contribution in [0.25, 0.3) is 0 Å². The van der Waals surface area contributed by atoms with Gasteiger partial charge in [0, 0.05) is 37.1 Å². The zero-order valence-corrected chi connectivity index (χ0v) is 35.1. The number of nitrogens with two attached hydrogens (primary N) is 2. The number of anilines is 2. The van der Waals surface area contributed by atoms with Gasteiger partial charge in [0.15, 0.2) is 22.5 Å². The Morgan fingerprint density at radius 2 is 1.17 bits per heavy atom. The number of carbonyl (C=O) groups is 3. The maximum atomic E-state index is 13.3. The topological polar surface area (TPSA) is 242 Å². The molecule has 3 amide bonds. The van der Waals surface area contributed by atoms with Gasteiger partial charge in [0.25, 0.3) is 17.7 Å². The Balaban J connectivity index is 1.30. The van der Waals surface area contributed by atoms with Crippen LogP contribution in [-0.4, -0.2) is 154 Å². The van der Waals surface area contributed by atoms with Crippen LogP contribution in [0.3, 0.4) is 0 Å². The highest BCUT2D eigenvalue weighted by Gasteiger charge is 2.35. The number of aromatic nitrogens is 2. The smallest absolute Gasteiger partial charge is 0.274 e. The molecule has 2 aromatic carbocycles. The molecule has 1 unspecified atom stereocenters. The maximum Gasteiger partial charge on any atom is 0.274 e. The second-order valence-corrected chi connectivity index (χ2v) is 15.0. The number of ether oxygens (including phenoxy) is 4. The van der Waals surface area contributed by atoms with Gasteiger partial charge in [0.1, 0.15) is 0 Å². The lowest BCUT2D eigenvalue weighted by Crippen LogP contribution is -2.60. The highest BCUT2D eigenvalue weighted by molar-refractivity contribution is 6.31. The van der Waals surface area contributed by atoms with E-state index in [1.165, 1.54) is 0 Å². The van der Waals surface area contributed by atoms with E-state index in [2.05, 4.69) is 25.9 Å². The van der Waals surface area contributed by atoms with Gasteiger partial charge in [-0.05, 0) is 61.1 Å². The van der Waals surface area contributed by atoms with Gasteiger partial charge in [0.05, 0.1) is 98.3 Å². The molecule has 2 heterocycles. The fraction of sp³-hybridized carbons (Fsp3) is 0.548. The van der Waals surface area contributed by atoms with E-state index in [0.717, 1.165) is 80.3 Å². The Kier molecular flexibility index (Phi) is 21.4. The molecule has 1 aliphatic heterocycles. The number of hydrogen-bond donors (Lipinski definition) is 7. The first-order valence-electron chi connectivity index (χ1n) is 20.6. The molecule has 1 aliphatic rings. The number of hydrogen-bond acceptors (Lipinski definition) is 13. The summed E-state index contributed by atoms with van der Waals surface area (Å²) in [5, 5.41) is 26.3. The van der Waals surface area contributed by atoms with Crippen molar-refractivity contribution >= 4 is 41.0 Å². The fourth-order valence-electron chi connectivity index (χ4n) is 7.15. The minimum absolute atomic E-state index is 0.0283. The van der Waals surface area contributed by atoms with Crippen molar-refractivity contribution < 1.29 is 48.0 Å². The molecule has 1 fully saturated rings. The molecule has 60 heavy (non-hydrogen) atoms. The minimum atomic E-state index is -0.437. The lowest BCUT2D eigenvalue weighted by atomic mass is 9.98. The van der Waals surface area contributed by atoms with E-state index in [0.29, 0.717) is 63.9 Å². The van der Waals surface area contributed by atoms with Crippen molar-refractivity contribution in [2.75, 3.05) is 117 Å². The van der Waals surface area contributed by atoms with Crippen LogP contribution in [0.2, 0.25) is 5.15 Å². The van der Waals surface area contributed by atoms with Crippen molar-refractivity contribution in [3.63, 3.8) is 0 Å². The Morgan fingerprint density at radius 1 is 0.683 bits per heavy atom. The van der Waals surface area contributed by atoms with Gasteiger partial charge in [-0.3, -0.25) is 14.4 Å². The summed E-state index contributed by atoms with van der Waals surface area (Å²) in [4.78, 5) is 46.7. The Labute approximate surface area is 357 Å². The quantitative estimate of drug-likeness (QED) is 0.0408. The molecule has 330 valence electrons. The largest absolute Gasteiger partial charge is 0.394 e. The van der Waals surface area contributed by atoms with Crippen LogP contribution >= 0.6 is 11.6 Å². The van der Waals surface area contributed by atoms with Crippen molar-refractivity contribution in [2.45, 2.75) is 44.6 Å². The molecule has 0 saturated carbocycles. The third-order valence-corrected chi connectivity index (χ3v) is 10.4. The SMILES string of the molecule is Nc1nc(N)c(C(=O)NC2CCC[N+](CCCc3ccc(C(=O)NCCOCCOCCO)cc3)(CCCc3ccc(C(=O)NCCOCCOCCO)cc3)C2)nc1Cl. The molecule has 1 aromatic heterocycles. The number of nitrogen functional groups attached to an aromatic ring is 2. The zero-order valence-electron chi connectivity index (χ0n) is 34.4. The summed E-state index contributed by atoms with van der Waals surface area (Å²) in [6.07, 6.45) is 5.21. The standard InChI is InChI=1S/C42H61ClN8O9/c43-37-39(45)50-38(44)36(49-37)42(56)48-35-6-3-19-51(30-35,17-1-4-31-7-11-33(12-8-31)40(54)46-15-22-57-26-28-59-24-20-52)18-2-5-32-9-13-34(14-10-32)41(55)47-16-23-58-27-29-60-25-21-53/h7-14,35,52-53H,1-6,15-30H2,(H6-,44,45,46,47,48,50,54,55,56)/p+1. The first kappa shape index (κ1) is 48.2. The summed E-state index contributed by atoms with van der Waals surface area (Å²) < 4.78 is 22.0. The Bertz CT molecular complexity index is 1670. The fourth-order valence-corrected chi connectivity index (χ4v) is 7.28. The number of nitrogens with one attached hydrogen (secondary N) is 3. The number of likely N-dealkylation sites (tertiary alicyclic amines) is 1. The normalized spacial score (nSPS) is 14.8. The predicted molar refractivity (Wildman–Crippen MR) is 228 cm³/mol. The monoisotopic (exact) mass is 857 g/mol. The van der Waals surface area contributed by atoms with Crippen LogP contribution in [0, 0.1) is 0 Å². The summed E-state index contributed by atoms with van der Waals surface area (Å²) in [5.41, 5.74) is 15.1.